The Morgan fingerprint density at radius 2 is 1.14 bits per heavy atom. The van der Waals surface area contributed by atoms with Crippen LogP contribution in [0.3, 0.4) is 0 Å². The number of fused-ring (bicyclic) bond motifs is 6. The van der Waals surface area contributed by atoms with Crippen LogP contribution in [0.4, 0.5) is 36.8 Å². The van der Waals surface area contributed by atoms with E-state index in [2.05, 4.69) is 136 Å². The Kier molecular flexibility index (Phi) is 18.9. The van der Waals surface area contributed by atoms with Gasteiger partial charge in [0.1, 0.15) is 46.4 Å². The molecule has 12 heterocycles. The molecule has 12 aromatic rings. The van der Waals surface area contributed by atoms with Gasteiger partial charge in [-0.2, -0.15) is 10.4 Å². The number of nitrogens with one attached hydrogen (secondary N) is 3. The molecule has 0 bridgehead atoms. The lowest BCUT2D eigenvalue weighted by Crippen LogP contribution is -2.19. The topological polar surface area (TPSA) is 216 Å². The SMILES string of the molecule is CC1CCN(Cc2ccc(-c3cnc(NCc4c(F)ccc5c4CCO5)n4cc(C#N)nc34)cc2)C1.Cc1cn2c(NCc3c(F)ccc4c3CCO4)ncc(-c3ccc(CN(C)C)cc3)c2n1.[C-]#[N+]c1cn2c(NCc3c(F)ccc4c3CCO4)ncc(-c3ccn(CC4CCCO4)n3)c2n1. The van der Waals surface area contributed by atoms with Crippen LogP contribution in [0.1, 0.15) is 82.1 Å². The quantitative estimate of drug-likeness (QED) is 0.0681. The van der Waals surface area contributed by atoms with Gasteiger partial charge in [0, 0.05) is 147 Å². The van der Waals surface area contributed by atoms with Gasteiger partial charge in [-0.15, -0.1) is 0 Å². The van der Waals surface area contributed by atoms with E-state index in [1.165, 1.54) is 35.7 Å². The Labute approximate surface area is 587 Å². The molecule has 0 spiro atoms. The molecule has 3 N–H and O–H groups in total. The fraction of sp³-hybridized carbons (Fsp3) is 0.312. The van der Waals surface area contributed by atoms with Crippen LogP contribution in [0, 0.1) is 48.2 Å². The number of likely N-dealkylation sites (tertiary alicyclic amines) is 1. The summed E-state index contributed by atoms with van der Waals surface area (Å²) in [6, 6.07) is 30.4. The normalized spacial score (nSPS) is 15.8. The third-order valence-electron chi connectivity index (χ3n) is 19.2. The van der Waals surface area contributed by atoms with Crippen LogP contribution in [-0.2, 0) is 63.3 Å². The highest BCUT2D eigenvalue weighted by molar-refractivity contribution is 5.80. The van der Waals surface area contributed by atoms with Gasteiger partial charge >= 0.3 is 0 Å². The van der Waals surface area contributed by atoms with E-state index in [0.717, 1.165) is 126 Å². The molecular formula is C77H75F3N18O4. The summed E-state index contributed by atoms with van der Waals surface area (Å²) in [6.07, 6.45) is 18.1. The minimum atomic E-state index is -0.283. The van der Waals surface area contributed by atoms with E-state index in [1.54, 1.807) is 51.8 Å². The van der Waals surface area contributed by atoms with E-state index in [0.29, 0.717) is 109 Å². The van der Waals surface area contributed by atoms with Crippen molar-refractivity contribution in [2.45, 2.75) is 97.7 Å². The maximum atomic E-state index is 14.6. The summed E-state index contributed by atoms with van der Waals surface area (Å²) in [4.78, 5) is 35.7. The molecule has 518 valence electrons. The number of rotatable bonds is 18. The number of halogens is 3. The molecule has 0 saturated carbocycles. The first-order chi connectivity index (χ1) is 49.8. The van der Waals surface area contributed by atoms with Crippen molar-refractivity contribution in [3.8, 4) is 56.8 Å². The Morgan fingerprint density at radius 3 is 1.65 bits per heavy atom. The summed E-state index contributed by atoms with van der Waals surface area (Å²) in [5, 5.41) is 24.0. The molecule has 2 saturated heterocycles. The van der Waals surface area contributed by atoms with Crippen LogP contribution in [0.5, 0.6) is 17.2 Å². The van der Waals surface area contributed by atoms with Crippen LogP contribution in [0.25, 0.3) is 55.3 Å². The lowest BCUT2D eigenvalue weighted by molar-refractivity contribution is 0.0940. The fourth-order valence-electron chi connectivity index (χ4n) is 14.1. The van der Waals surface area contributed by atoms with Crippen LogP contribution < -0.4 is 30.2 Å². The first-order valence-electron chi connectivity index (χ1n) is 34.4. The van der Waals surface area contributed by atoms with Gasteiger partial charge in [0.15, 0.2) is 11.3 Å². The third kappa shape index (κ3) is 14.0. The zero-order chi connectivity index (χ0) is 70.0. The van der Waals surface area contributed by atoms with Crippen LogP contribution in [0.15, 0.2) is 134 Å². The second-order valence-corrected chi connectivity index (χ2v) is 26.6. The number of nitriles is 1. The van der Waals surface area contributed by atoms with Gasteiger partial charge in [0.2, 0.25) is 23.5 Å². The Bertz CT molecular complexity index is 5180. The van der Waals surface area contributed by atoms with Gasteiger partial charge in [0.25, 0.3) is 5.82 Å². The number of hydrogen-bond donors (Lipinski definition) is 3. The number of anilines is 3. The number of hydrogen-bond acceptors (Lipinski definition) is 17. The van der Waals surface area contributed by atoms with Crippen LogP contribution in [-0.4, -0.2) is 122 Å². The summed E-state index contributed by atoms with van der Waals surface area (Å²) in [7, 11) is 4.12. The second kappa shape index (κ2) is 29.1. The molecule has 2 atom stereocenters. The fourth-order valence-corrected chi connectivity index (χ4v) is 14.1. The standard InChI is InChI=1S/C28H27FN6O.C25H26FN5O.C24H22FN7O2/c1-18-8-10-34(15-18)16-19-2-4-20(5-3-19)23-13-31-28(35-17-21(12-30)33-27(23)35)32-14-24-22-9-11-36-26(22)7-6-25(24)29;1-16-14-31-24(29-16)20(18-6-4-17(5-7-18)15-30(2)3)12-27-25(31)28-13-21-19-10-11-32-23(19)9-8-22(21)26;1-26-22-14-32-23(29-22)18(20-6-8-31(30-20)13-15-3-2-9-33-15)12-28-24(32)27-11-17-16-7-10-34-21(16)5-4-19(17)25/h2-7,13,17-18H,8-11,14-16H2,1H3,(H,31,32);4-9,12,14H,10-11,13,15H2,1-3H3,(H,27,28);4-6,8,12,14-15H,2-3,7,9-11,13H2,(H,27,28). The summed E-state index contributed by atoms with van der Waals surface area (Å²) in [6.45, 7) is 19.8. The van der Waals surface area contributed by atoms with Gasteiger partial charge in [-0.1, -0.05) is 67.0 Å². The van der Waals surface area contributed by atoms with E-state index < -0.39 is 0 Å². The molecular weight excluding hydrogens is 1300 g/mol. The van der Waals surface area contributed by atoms with Crippen molar-refractivity contribution in [1.29, 1.82) is 5.26 Å². The van der Waals surface area contributed by atoms with E-state index in [1.807, 2.05) is 40.7 Å². The predicted octanol–water partition coefficient (Wildman–Crippen LogP) is 13.3. The highest BCUT2D eigenvalue weighted by Gasteiger charge is 2.27. The number of benzene rings is 5. The Morgan fingerprint density at radius 1 is 0.618 bits per heavy atom. The van der Waals surface area contributed by atoms with Gasteiger partial charge in [-0.05, 0) is 117 Å². The Hall–Kier alpha value is -11.4. The monoisotopic (exact) mass is 1370 g/mol. The van der Waals surface area contributed by atoms with Crippen molar-refractivity contribution < 1.29 is 32.1 Å². The maximum absolute atomic E-state index is 14.6. The molecule has 0 radical (unpaired) electrons. The van der Waals surface area contributed by atoms with E-state index >= 15 is 0 Å². The summed E-state index contributed by atoms with van der Waals surface area (Å²) < 4.78 is 73.4. The Balaban J connectivity index is 0.000000124. The molecule has 2 unspecified atom stereocenters. The zero-order valence-electron chi connectivity index (χ0n) is 57.1. The van der Waals surface area contributed by atoms with Crippen molar-refractivity contribution in [1.82, 2.24) is 62.7 Å². The van der Waals surface area contributed by atoms with Gasteiger partial charge < -0.3 is 44.6 Å². The van der Waals surface area contributed by atoms with Gasteiger partial charge in [0.05, 0.1) is 55.6 Å². The van der Waals surface area contributed by atoms with Crippen molar-refractivity contribution >= 4 is 40.6 Å². The number of ether oxygens (including phenoxy) is 4. The molecule has 5 aliphatic heterocycles. The number of nitrogens with zero attached hydrogens (tertiary/aromatic N) is 15. The second-order valence-electron chi connectivity index (χ2n) is 26.6. The first-order valence-corrected chi connectivity index (χ1v) is 34.4. The molecule has 5 aliphatic rings. The average Bonchev–Trinajstić information content (AvgIpc) is 1.61. The average molecular weight is 1370 g/mol. The summed E-state index contributed by atoms with van der Waals surface area (Å²) in [5.41, 5.74) is 15.5. The first kappa shape index (κ1) is 66.5. The number of aromatic nitrogens is 11. The van der Waals surface area contributed by atoms with Crippen molar-refractivity contribution in [2.24, 2.45) is 5.92 Å². The molecule has 25 heteroatoms. The van der Waals surface area contributed by atoms with E-state index in [-0.39, 0.29) is 42.5 Å². The smallest absolute Gasteiger partial charge is 0.288 e. The highest BCUT2D eigenvalue weighted by atomic mass is 19.1. The van der Waals surface area contributed by atoms with Gasteiger partial charge in [-0.25, -0.2) is 38.1 Å². The third-order valence-corrected chi connectivity index (χ3v) is 19.2. The molecule has 7 aromatic heterocycles. The van der Waals surface area contributed by atoms with Crippen LogP contribution >= 0.6 is 0 Å². The minimum absolute atomic E-state index is 0.183. The lowest BCUT2D eigenvalue weighted by atomic mass is 10.0. The largest absolute Gasteiger partial charge is 0.493 e. The van der Waals surface area contributed by atoms with E-state index in [9.17, 15) is 18.4 Å². The summed E-state index contributed by atoms with van der Waals surface area (Å²) >= 11 is 0. The summed E-state index contributed by atoms with van der Waals surface area (Å²) in [5.74, 6) is 4.05. The van der Waals surface area contributed by atoms with Gasteiger partial charge in [-0.3, -0.25) is 22.8 Å². The number of aryl methyl sites for hydroxylation is 1. The van der Waals surface area contributed by atoms with E-state index in [4.69, 9.17) is 30.5 Å². The minimum Gasteiger partial charge on any atom is -0.493 e. The van der Waals surface area contributed by atoms with Crippen LogP contribution in [0.2, 0.25) is 0 Å². The predicted molar refractivity (Wildman–Crippen MR) is 381 cm³/mol. The molecule has 17 rings (SSSR count). The molecule has 22 nitrogen and oxygen atoms in total. The molecule has 5 aromatic carbocycles. The number of imidazole rings is 3. The van der Waals surface area contributed by atoms with Crippen molar-refractivity contribution in [3.63, 3.8) is 0 Å². The van der Waals surface area contributed by atoms with Crippen molar-refractivity contribution in [2.75, 3.05) is 69.6 Å². The molecule has 0 aliphatic carbocycles. The molecule has 0 amide bonds. The zero-order valence-corrected chi connectivity index (χ0v) is 57.1. The molecule has 2 fully saturated rings. The highest BCUT2D eigenvalue weighted by Crippen LogP contribution is 2.36. The van der Waals surface area contributed by atoms with Crippen molar-refractivity contribution in [3.05, 3.63) is 219 Å². The lowest BCUT2D eigenvalue weighted by Gasteiger charge is -2.16. The molecule has 102 heavy (non-hydrogen) atoms. The maximum Gasteiger partial charge on any atom is 0.288 e.